The van der Waals surface area contributed by atoms with Crippen LogP contribution in [0.2, 0.25) is 0 Å². The maximum absolute atomic E-state index is 13.1. The van der Waals surface area contributed by atoms with Crippen molar-refractivity contribution < 1.29 is 8.78 Å². The minimum Gasteiger partial charge on any atom is -0.379 e. The third kappa shape index (κ3) is 2.80. The van der Waals surface area contributed by atoms with E-state index in [1.165, 1.54) is 6.07 Å². The second kappa shape index (κ2) is 5.10. The molecule has 0 heterocycles. The highest BCUT2D eigenvalue weighted by Gasteiger charge is 2.06. The molecule has 0 saturated heterocycles. The Morgan fingerprint density at radius 1 is 1.36 bits per heavy atom. The van der Waals surface area contributed by atoms with E-state index in [1.54, 1.807) is 0 Å². The van der Waals surface area contributed by atoms with E-state index in [1.807, 2.05) is 19.1 Å². The maximum atomic E-state index is 13.1. The molecule has 0 amide bonds. The Kier molecular flexibility index (Phi) is 4.07. The minimum absolute atomic E-state index is 0.252. The lowest BCUT2D eigenvalue weighted by molar-refractivity contribution is 0.581. The van der Waals surface area contributed by atoms with Crippen LogP contribution in [0.5, 0.6) is 0 Å². The van der Waals surface area contributed by atoms with Crippen LogP contribution in [0, 0.1) is 11.6 Å². The molecule has 0 aliphatic rings. The van der Waals surface area contributed by atoms with Crippen LogP contribution in [0.25, 0.3) is 0 Å². The maximum Gasteiger partial charge on any atom is 0.149 e. The van der Waals surface area contributed by atoms with Gasteiger partial charge in [-0.2, -0.15) is 0 Å². The van der Waals surface area contributed by atoms with Gasteiger partial charge in [-0.25, -0.2) is 8.78 Å². The highest BCUT2D eigenvalue weighted by molar-refractivity contribution is 9.10. The topological polar surface area (TPSA) is 12.0 Å². The van der Waals surface area contributed by atoms with Crippen molar-refractivity contribution >= 4 is 21.6 Å². The number of anilines is 1. The van der Waals surface area contributed by atoms with Gasteiger partial charge in [0.05, 0.1) is 10.2 Å². The van der Waals surface area contributed by atoms with Crippen molar-refractivity contribution in [1.29, 1.82) is 0 Å². The molecule has 0 aromatic heterocycles. The molecule has 0 atom stereocenters. The number of hydrogen-bond donors (Lipinski definition) is 1. The lowest BCUT2D eigenvalue weighted by Gasteiger charge is -2.05. The largest absolute Gasteiger partial charge is 0.379 e. The van der Waals surface area contributed by atoms with Gasteiger partial charge in [0, 0.05) is 12.6 Å². The lowest BCUT2D eigenvalue weighted by Crippen LogP contribution is -2.01. The molecule has 76 valence electrons. The first-order valence-electron chi connectivity index (χ1n) is 4.14. The molecule has 1 rings (SSSR count). The molecule has 0 fully saturated rings. The van der Waals surface area contributed by atoms with Gasteiger partial charge in [0.15, 0.2) is 0 Å². The van der Waals surface area contributed by atoms with E-state index in [2.05, 4.69) is 21.2 Å². The summed E-state index contributed by atoms with van der Waals surface area (Å²) in [7, 11) is 0. The predicted molar refractivity (Wildman–Crippen MR) is 57.4 cm³/mol. The standard InChI is InChI=1S/C10H10BrF2N/c1-2-3-4-14-10-5-7(11)8(12)6-9(10)13/h2-3,5-6,14H,4H2,1H3/b3-2+. The van der Waals surface area contributed by atoms with E-state index in [0.717, 1.165) is 6.07 Å². The highest BCUT2D eigenvalue weighted by atomic mass is 79.9. The first-order valence-corrected chi connectivity index (χ1v) is 4.94. The lowest BCUT2D eigenvalue weighted by atomic mass is 10.3. The van der Waals surface area contributed by atoms with Crippen LogP contribution in [0.3, 0.4) is 0 Å². The Bertz CT molecular complexity index is 350. The first kappa shape index (κ1) is 11.2. The van der Waals surface area contributed by atoms with E-state index in [0.29, 0.717) is 6.54 Å². The molecule has 0 aliphatic carbocycles. The number of nitrogens with one attached hydrogen (secondary N) is 1. The zero-order chi connectivity index (χ0) is 10.6. The zero-order valence-electron chi connectivity index (χ0n) is 7.65. The second-order valence-corrected chi connectivity index (χ2v) is 3.55. The fourth-order valence-corrected chi connectivity index (χ4v) is 1.29. The normalized spacial score (nSPS) is 10.9. The Labute approximate surface area is 90.0 Å². The van der Waals surface area contributed by atoms with Crippen molar-refractivity contribution in [3.8, 4) is 0 Å². The first-order chi connectivity index (χ1) is 6.65. The van der Waals surface area contributed by atoms with Crippen molar-refractivity contribution in [2.45, 2.75) is 6.92 Å². The van der Waals surface area contributed by atoms with Gasteiger partial charge < -0.3 is 5.32 Å². The molecule has 0 radical (unpaired) electrons. The van der Waals surface area contributed by atoms with Gasteiger partial charge in [-0.05, 0) is 28.9 Å². The van der Waals surface area contributed by atoms with E-state index >= 15 is 0 Å². The van der Waals surface area contributed by atoms with Gasteiger partial charge in [-0.15, -0.1) is 0 Å². The summed E-state index contributed by atoms with van der Waals surface area (Å²) in [6.07, 6.45) is 3.69. The molecule has 1 N–H and O–H groups in total. The summed E-state index contributed by atoms with van der Waals surface area (Å²) in [6.45, 7) is 2.39. The summed E-state index contributed by atoms with van der Waals surface area (Å²) < 4.78 is 26.2. The minimum atomic E-state index is -0.598. The Morgan fingerprint density at radius 2 is 2.07 bits per heavy atom. The fraction of sp³-hybridized carbons (Fsp3) is 0.200. The summed E-state index contributed by atoms with van der Waals surface area (Å²) in [5, 5.41) is 2.82. The quantitative estimate of drug-likeness (QED) is 0.646. The number of halogens is 3. The summed E-state index contributed by atoms with van der Waals surface area (Å²) in [5.41, 5.74) is 0.288. The van der Waals surface area contributed by atoms with Crippen LogP contribution in [0.4, 0.5) is 14.5 Å². The Morgan fingerprint density at radius 3 is 2.71 bits per heavy atom. The summed E-state index contributed by atoms with van der Waals surface area (Å²) >= 11 is 2.99. The monoisotopic (exact) mass is 261 g/mol. The van der Waals surface area contributed by atoms with Crippen molar-refractivity contribution in [2.24, 2.45) is 0 Å². The summed E-state index contributed by atoms with van der Waals surface area (Å²) in [5.74, 6) is -1.19. The van der Waals surface area contributed by atoms with Crippen LogP contribution >= 0.6 is 15.9 Å². The van der Waals surface area contributed by atoms with Gasteiger partial charge >= 0.3 is 0 Å². The molecule has 0 unspecified atom stereocenters. The van der Waals surface area contributed by atoms with Crippen LogP contribution in [0.1, 0.15) is 6.92 Å². The molecule has 0 saturated carbocycles. The molecule has 0 aliphatic heterocycles. The highest BCUT2D eigenvalue weighted by Crippen LogP contribution is 2.23. The van der Waals surface area contributed by atoms with Gasteiger partial charge in [0.1, 0.15) is 11.6 Å². The van der Waals surface area contributed by atoms with Crippen LogP contribution in [-0.2, 0) is 0 Å². The Hall–Kier alpha value is -0.900. The smallest absolute Gasteiger partial charge is 0.149 e. The SMILES string of the molecule is C/C=C/CNc1cc(Br)c(F)cc1F. The van der Waals surface area contributed by atoms with Gasteiger partial charge in [0.25, 0.3) is 0 Å². The number of benzene rings is 1. The molecule has 1 aromatic rings. The molecule has 4 heteroatoms. The predicted octanol–water partition coefficient (Wildman–Crippen LogP) is 3.72. The van der Waals surface area contributed by atoms with Crippen molar-refractivity contribution in [3.05, 3.63) is 40.4 Å². The van der Waals surface area contributed by atoms with Gasteiger partial charge in [0.2, 0.25) is 0 Å². The molecule has 14 heavy (non-hydrogen) atoms. The molecule has 1 aromatic carbocycles. The van der Waals surface area contributed by atoms with Crippen LogP contribution in [0.15, 0.2) is 28.8 Å². The Balaban J connectivity index is 2.81. The summed E-state index contributed by atoms with van der Waals surface area (Å²) in [6, 6.07) is 2.23. The van der Waals surface area contributed by atoms with Crippen molar-refractivity contribution in [3.63, 3.8) is 0 Å². The molecule has 1 nitrogen and oxygen atoms in total. The fourth-order valence-electron chi connectivity index (χ4n) is 0.945. The second-order valence-electron chi connectivity index (χ2n) is 2.70. The number of allylic oxidation sites excluding steroid dienone is 1. The van der Waals surface area contributed by atoms with Gasteiger partial charge in [-0.3, -0.25) is 0 Å². The van der Waals surface area contributed by atoms with E-state index in [9.17, 15) is 8.78 Å². The van der Waals surface area contributed by atoms with E-state index in [-0.39, 0.29) is 10.2 Å². The van der Waals surface area contributed by atoms with Crippen molar-refractivity contribution in [2.75, 3.05) is 11.9 Å². The van der Waals surface area contributed by atoms with Crippen molar-refractivity contribution in [1.82, 2.24) is 0 Å². The average molecular weight is 262 g/mol. The van der Waals surface area contributed by atoms with Crippen LogP contribution in [-0.4, -0.2) is 6.54 Å². The molecular weight excluding hydrogens is 252 g/mol. The van der Waals surface area contributed by atoms with Gasteiger partial charge in [-0.1, -0.05) is 12.2 Å². The van der Waals surface area contributed by atoms with Crippen LogP contribution < -0.4 is 5.32 Å². The third-order valence-electron chi connectivity index (χ3n) is 1.66. The van der Waals surface area contributed by atoms with E-state index < -0.39 is 11.6 Å². The zero-order valence-corrected chi connectivity index (χ0v) is 9.24. The molecular formula is C10H10BrF2N. The third-order valence-corrected chi connectivity index (χ3v) is 2.26. The summed E-state index contributed by atoms with van der Waals surface area (Å²) in [4.78, 5) is 0. The molecule has 0 spiro atoms. The average Bonchev–Trinajstić information content (AvgIpc) is 2.14. The van der Waals surface area contributed by atoms with E-state index in [4.69, 9.17) is 0 Å². The molecule has 0 bridgehead atoms. The number of hydrogen-bond acceptors (Lipinski definition) is 1. The number of rotatable bonds is 3.